The van der Waals surface area contributed by atoms with E-state index in [0.717, 1.165) is 33.8 Å². The van der Waals surface area contributed by atoms with Crippen molar-refractivity contribution >= 4 is 17.3 Å². The maximum Gasteiger partial charge on any atom is 0.244 e. The zero-order valence-electron chi connectivity index (χ0n) is 19.5. The summed E-state index contributed by atoms with van der Waals surface area (Å²) in [5, 5.41) is 0.714. The molecule has 0 fully saturated rings. The Labute approximate surface area is 222 Å². The standard InChI is InChI=1S/C29H22ClN2.ClHO4/c30-26-16-18-27(19-17-26)31-32-28(23-12-6-2-7-13-23)20-25(22-10-4-1-5-11-22)21-29(32)24-14-8-3-9-15-24;2-1(3,4)5/h1-21,31H;(H,2,3,4,5)/q+1;/p-1. The number of hydrogen-bond acceptors (Lipinski definition) is 5. The van der Waals surface area contributed by atoms with Crippen LogP contribution < -0.4 is 28.7 Å². The Hall–Kier alpha value is -3.75. The van der Waals surface area contributed by atoms with Crippen LogP contribution in [0.3, 0.4) is 0 Å². The summed E-state index contributed by atoms with van der Waals surface area (Å²) >= 11 is 6.12. The van der Waals surface area contributed by atoms with Crippen LogP contribution in [0.2, 0.25) is 5.02 Å². The van der Waals surface area contributed by atoms with E-state index in [1.807, 2.05) is 42.5 Å². The van der Waals surface area contributed by atoms with Gasteiger partial charge in [-0.05, 0) is 59.7 Å². The second-order valence-electron chi connectivity index (χ2n) is 7.94. The first-order chi connectivity index (χ1) is 17.8. The van der Waals surface area contributed by atoms with Crippen LogP contribution in [-0.2, 0) is 0 Å². The Kier molecular flexibility index (Phi) is 8.53. The molecule has 0 unspecified atom stereocenters. The third kappa shape index (κ3) is 7.62. The SMILES string of the molecule is Clc1ccc(N[n+]2c(-c3ccccc3)cc(-c3ccccc3)cc2-c2ccccc2)cc1.[O-][Cl+3]([O-])([O-])[O-]. The van der Waals surface area contributed by atoms with Crippen LogP contribution in [0.1, 0.15) is 0 Å². The molecule has 186 valence electrons. The van der Waals surface area contributed by atoms with Crippen molar-refractivity contribution in [2.24, 2.45) is 0 Å². The van der Waals surface area contributed by atoms with Crippen LogP contribution in [0.4, 0.5) is 5.69 Å². The van der Waals surface area contributed by atoms with E-state index in [1.54, 1.807) is 0 Å². The number of aromatic nitrogens is 1. The van der Waals surface area contributed by atoms with Gasteiger partial charge in [0.2, 0.25) is 11.4 Å². The first kappa shape index (κ1) is 26.3. The molecule has 8 heteroatoms. The Morgan fingerprint density at radius 1 is 0.514 bits per heavy atom. The quantitative estimate of drug-likeness (QED) is 0.350. The van der Waals surface area contributed by atoms with E-state index in [1.165, 1.54) is 5.56 Å². The lowest BCUT2D eigenvalue weighted by molar-refractivity contribution is -2.00. The van der Waals surface area contributed by atoms with Crippen molar-refractivity contribution in [3.05, 3.63) is 132 Å². The Morgan fingerprint density at radius 2 is 0.892 bits per heavy atom. The summed E-state index contributed by atoms with van der Waals surface area (Å²) in [6.07, 6.45) is 0. The number of anilines is 1. The second kappa shape index (κ2) is 12.0. The molecule has 0 aliphatic carbocycles. The highest BCUT2D eigenvalue weighted by Crippen LogP contribution is 2.29. The summed E-state index contributed by atoms with van der Waals surface area (Å²) in [6.45, 7) is 0. The number of hydrogen-bond donors (Lipinski definition) is 1. The van der Waals surface area contributed by atoms with Gasteiger partial charge in [0.15, 0.2) is 0 Å². The number of halogens is 2. The number of pyridine rings is 1. The smallest absolute Gasteiger partial charge is 0.222 e. The van der Waals surface area contributed by atoms with Gasteiger partial charge in [-0.1, -0.05) is 83.0 Å². The molecule has 0 aliphatic rings. The fourth-order valence-corrected chi connectivity index (χ4v) is 3.94. The summed E-state index contributed by atoms with van der Waals surface area (Å²) in [5.41, 5.74) is 11.3. The monoisotopic (exact) mass is 532 g/mol. The van der Waals surface area contributed by atoms with Crippen LogP contribution >= 0.6 is 11.6 Å². The summed E-state index contributed by atoms with van der Waals surface area (Å²) in [4.78, 5) is 0. The van der Waals surface area contributed by atoms with Crippen molar-refractivity contribution in [1.29, 1.82) is 0 Å². The lowest BCUT2D eigenvalue weighted by Gasteiger charge is -2.17. The van der Waals surface area contributed by atoms with Gasteiger partial charge in [0.05, 0.1) is 5.69 Å². The molecular formula is C29H22Cl2N2O4. The lowest BCUT2D eigenvalue weighted by atomic mass is 9.99. The number of benzene rings is 4. The molecule has 0 saturated carbocycles. The van der Waals surface area contributed by atoms with Crippen molar-refractivity contribution in [2.45, 2.75) is 0 Å². The summed E-state index contributed by atoms with van der Waals surface area (Å²) in [7, 11) is -4.94. The minimum Gasteiger partial charge on any atom is -0.222 e. The average molecular weight is 533 g/mol. The topological polar surface area (TPSA) is 108 Å². The van der Waals surface area contributed by atoms with Crippen LogP contribution in [0.5, 0.6) is 0 Å². The molecule has 0 spiro atoms. The minimum atomic E-state index is -4.94. The highest BCUT2D eigenvalue weighted by Gasteiger charge is 2.23. The van der Waals surface area contributed by atoms with E-state index in [-0.39, 0.29) is 0 Å². The first-order valence-corrected chi connectivity index (χ1v) is 12.8. The molecule has 5 rings (SSSR count). The van der Waals surface area contributed by atoms with E-state index in [9.17, 15) is 0 Å². The molecule has 0 aliphatic heterocycles. The highest BCUT2D eigenvalue weighted by molar-refractivity contribution is 6.30. The molecule has 0 radical (unpaired) electrons. The number of nitrogens with one attached hydrogen (secondary N) is 1. The van der Waals surface area contributed by atoms with Crippen molar-refractivity contribution in [1.82, 2.24) is 0 Å². The molecule has 0 bridgehead atoms. The van der Waals surface area contributed by atoms with Crippen LogP contribution in [0.25, 0.3) is 33.6 Å². The van der Waals surface area contributed by atoms with Gasteiger partial charge >= 0.3 is 0 Å². The molecule has 0 amide bonds. The van der Waals surface area contributed by atoms with E-state index < -0.39 is 10.2 Å². The molecular weight excluding hydrogens is 511 g/mol. The third-order valence-corrected chi connectivity index (χ3v) is 5.65. The van der Waals surface area contributed by atoms with Crippen molar-refractivity contribution in [2.75, 3.05) is 5.43 Å². The molecule has 4 aromatic carbocycles. The number of rotatable bonds is 5. The Balaban J connectivity index is 0.000000586. The predicted octanol–water partition coefficient (Wildman–Crippen LogP) is 2.75. The van der Waals surface area contributed by atoms with Crippen LogP contribution in [0, 0.1) is 10.2 Å². The van der Waals surface area contributed by atoms with Crippen LogP contribution in [-0.4, -0.2) is 0 Å². The maximum absolute atomic E-state index is 8.49. The fraction of sp³-hybridized carbons (Fsp3) is 0. The van der Waals surface area contributed by atoms with E-state index in [2.05, 4.69) is 95.0 Å². The van der Waals surface area contributed by atoms with E-state index in [0.29, 0.717) is 5.02 Å². The van der Waals surface area contributed by atoms with Gasteiger partial charge in [0.1, 0.15) is 0 Å². The van der Waals surface area contributed by atoms with Gasteiger partial charge in [-0.25, -0.2) is 18.6 Å². The summed E-state index contributed by atoms with van der Waals surface area (Å²) in [6, 6.07) is 43.6. The normalized spacial score (nSPS) is 10.8. The molecule has 0 atom stereocenters. The Morgan fingerprint density at radius 3 is 1.30 bits per heavy atom. The number of nitrogens with zero attached hydrogens (tertiary/aromatic N) is 1. The fourth-order valence-electron chi connectivity index (χ4n) is 3.81. The molecule has 1 N–H and O–H groups in total. The molecule has 6 nitrogen and oxygen atoms in total. The highest BCUT2D eigenvalue weighted by atomic mass is 35.7. The Bertz CT molecular complexity index is 1360. The van der Waals surface area contributed by atoms with Gasteiger partial charge in [-0.2, -0.15) is 5.43 Å². The maximum atomic E-state index is 8.49. The van der Waals surface area contributed by atoms with Gasteiger partial charge in [0.25, 0.3) is 0 Å². The van der Waals surface area contributed by atoms with Crippen molar-refractivity contribution < 1.29 is 33.6 Å². The van der Waals surface area contributed by atoms with Gasteiger partial charge in [-0.15, -0.1) is 10.2 Å². The van der Waals surface area contributed by atoms with Crippen molar-refractivity contribution in [3.63, 3.8) is 0 Å². The molecule has 5 aromatic rings. The summed E-state index contributed by atoms with van der Waals surface area (Å²) < 4.78 is 36.1. The molecule has 1 heterocycles. The average Bonchev–Trinajstić information content (AvgIpc) is 2.90. The lowest BCUT2D eigenvalue weighted by Crippen LogP contribution is -2.68. The zero-order valence-corrected chi connectivity index (χ0v) is 21.0. The van der Waals surface area contributed by atoms with E-state index >= 15 is 0 Å². The predicted molar refractivity (Wildman–Crippen MR) is 133 cm³/mol. The molecule has 1 aromatic heterocycles. The first-order valence-electron chi connectivity index (χ1n) is 11.2. The third-order valence-electron chi connectivity index (χ3n) is 5.40. The van der Waals surface area contributed by atoms with Gasteiger partial charge < -0.3 is 0 Å². The van der Waals surface area contributed by atoms with Crippen LogP contribution in [0.15, 0.2) is 127 Å². The second-order valence-corrected chi connectivity index (χ2v) is 9.14. The molecule has 37 heavy (non-hydrogen) atoms. The van der Waals surface area contributed by atoms with Gasteiger partial charge in [-0.3, -0.25) is 0 Å². The van der Waals surface area contributed by atoms with Gasteiger partial charge in [0, 0.05) is 28.3 Å². The zero-order chi connectivity index (χ0) is 26.3. The summed E-state index contributed by atoms with van der Waals surface area (Å²) in [5.74, 6) is 0. The largest absolute Gasteiger partial charge is 0.244 e. The van der Waals surface area contributed by atoms with Crippen molar-refractivity contribution in [3.8, 4) is 33.6 Å². The van der Waals surface area contributed by atoms with E-state index in [4.69, 9.17) is 30.2 Å². The molecule has 0 saturated heterocycles. The minimum absolute atomic E-state index is 0.714.